The zero-order chi connectivity index (χ0) is 13.2. The van der Waals surface area contributed by atoms with E-state index >= 15 is 0 Å². The maximum absolute atomic E-state index is 10.7. The molecule has 0 spiro atoms. The largest absolute Gasteiger partial charge is 0.497 e. The number of fused-ring (bicyclic) bond motifs is 1. The monoisotopic (exact) mass is 253 g/mol. The van der Waals surface area contributed by atoms with Crippen LogP contribution in [-0.4, -0.2) is 28.0 Å². The van der Waals surface area contributed by atoms with Gasteiger partial charge in [0.2, 0.25) is 0 Å². The van der Waals surface area contributed by atoms with Crippen LogP contribution in [0, 0.1) is 0 Å². The Hall–Kier alpha value is -2.69. The van der Waals surface area contributed by atoms with Gasteiger partial charge in [-0.25, -0.2) is 9.50 Å². The van der Waals surface area contributed by atoms with E-state index in [-0.39, 0.29) is 0 Å². The molecular formula is C14H11N3O2. The minimum atomic E-state index is 0.564. The van der Waals surface area contributed by atoms with Crippen molar-refractivity contribution in [3.63, 3.8) is 0 Å². The lowest BCUT2D eigenvalue weighted by atomic mass is 10.2. The highest BCUT2D eigenvalue weighted by molar-refractivity contribution is 5.75. The van der Waals surface area contributed by atoms with Gasteiger partial charge in [0.1, 0.15) is 5.75 Å². The van der Waals surface area contributed by atoms with E-state index in [2.05, 4.69) is 10.1 Å². The van der Waals surface area contributed by atoms with Gasteiger partial charge in [0.05, 0.1) is 7.11 Å². The third kappa shape index (κ3) is 2.06. The topological polar surface area (TPSA) is 56.5 Å². The van der Waals surface area contributed by atoms with Crippen LogP contribution in [0.1, 0.15) is 10.4 Å². The SMILES string of the molecule is COc1cccc(-c2nc3ccc(C=O)cn3n2)c1. The van der Waals surface area contributed by atoms with E-state index in [1.807, 2.05) is 24.3 Å². The fourth-order valence-corrected chi connectivity index (χ4v) is 1.85. The zero-order valence-corrected chi connectivity index (χ0v) is 10.3. The number of pyridine rings is 1. The van der Waals surface area contributed by atoms with Crippen LogP contribution in [0.25, 0.3) is 17.0 Å². The van der Waals surface area contributed by atoms with Crippen molar-refractivity contribution in [3.05, 3.63) is 48.2 Å². The normalized spacial score (nSPS) is 10.6. The highest BCUT2D eigenvalue weighted by Gasteiger charge is 2.07. The van der Waals surface area contributed by atoms with Crippen molar-refractivity contribution in [1.29, 1.82) is 0 Å². The number of rotatable bonds is 3. The van der Waals surface area contributed by atoms with Gasteiger partial charge in [-0.15, -0.1) is 5.10 Å². The molecule has 19 heavy (non-hydrogen) atoms. The van der Waals surface area contributed by atoms with Crippen LogP contribution >= 0.6 is 0 Å². The van der Waals surface area contributed by atoms with Crippen molar-refractivity contribution >= 4 is 11.9 Å². The summed E-state index contributed by atoms with van der Waals surface area (Å²) in [7, 11) is 1.62. The van der Waals surface area contributed by atoms with Gasteiger partial charge in [-0.3, -0.25) is 4.79 Å². The summed E-state index contributed by atoms with van der Waals surface area (Å²) >= 11 is 0. The maximum atomic E-state index is 10.7. The average Bonchev–Trinajstić information content (AvgIpc) is 2.90. The fraction of sp³-hybridized carbons (Fsp3) is 0.0714. The molecule has 94 valence electrons. The predicted molar refractivity (Wildman–Crippen MR) is 70.4 cm³/mol. The Balaban J connectivity index is 2.11. The molecule has 0 N–H and O–H groups in total. The molecule has 0 aliphatic rings. The second kappa shape index (κ2) is 4.53. The number of benzene rings is 1. The molecule has 5 heteroatoms. The van der Waals surface area contributed by atoms with E-state index in [1.165, 1.54) is 0 Å². The van der Waals surface area contributed by atoms with Crippen molar-refractivity contribution in [3.8, 4) is 17.1 Å². The van der Waals surface area contributed by atoms with Gasteiger partial charge >= 0.3 is 0 Å². The van der Waals surface area contributed by atoms with Crippen LogP contribution in [-0.2, 0) is 0 Å². The molecule has 0 saturated carbocycles. The smallest absolute Gasteiger partial charge is 0.182 e. The Labute approximate surface area is 109 Å². The highest BCUT2D eigenvalue weighted by atomic mass is 16.5. The van der Waals surface area contributed by atoms with Crippen molar-refractivity contribution in [2.24, 2.45) is 0 Å². The van der Waals surface area contributed by atoms with Gasteiger partial charge in [0, 0.05) is 17.3 Å². The molecule has 3 aromatic rings. The second-order valence-corrected chi connectivity index (χ2v) is 4.05. The van der Waals surface area contributed by atoms with Crippen LogP contribution in [0.15, 0.2) is 42.6 Å². The Kier molecular flexibility index (Phi) is 2.72. The van der Waals surface area contributed by atoms with Crippen LogP contribution in [0.3, 0.4) is 0 Å². The van der Waals surface area contributed by atoms with Crippen LogP contribution < -0.4 is 4.74 Å². The Morgan fingerprint density at radius 1 is 1.26 bits per heavy atom. The molecule has 0 radical (unpaired) electrons. The van der Waals surface area contributed by atoms with Gasteiger partial charge in [0.15, 0.2) is 17.8 Å². The summed E-state index contributed by atoms with van der Waals surface area (Å²) < 4.78 is 6.77. The number of hydrogen-bond acceptors (Lipinski definition) is 4. The van der Waals surface area contributed by atoms with Gasteiger partial charge in [-0.05, 0) is 24.3 Å². The van der Waals surface area contributed by atoms with E-state index in [0.29, 0.717) is 17.0 Å². The highest BCUT2D eigenvalue weighted by Crippen LogP contribution is 2.21. The number of ether oxygens (including phenoxy) is 1. The first-order valence-corrected chi connectivity index (χ1v) is 5.76. The molecule has 0 atom stereocenters. The lowest BCUT2D eigenvalue weighted by Gasteiger charge is -2.00. The number of methoxy groups -OCH3 is 1. The first-order chi connectivity index (χ1) is 9.30. The van der Waals surface area contributed by atoms with E-state index in [9.17, 15) is 4.79 Å². The molecule has 2 aromatic heterocycles. The van der Waals surface area contributed by atoms with Crippen molar-refractivity contribution in [2.75, 3.05) is 7.11 Å². The van der Waals surface area contributed by atoms with Gasteiger partial charge in [-0.1, -0.05) is 12.1 Å². The molecule has 0 amide bonds. The molecule has 0 aliphatic carbocycles. The predicted octanol–water partition coefficient (Wildman–Crippen LogP) is 2.22. The first-order valence-electron chi connectivity index (χ1n) is 5.76. The quantitative estimate of drug-likeness (QED) is 0.671. The summed E-state index contributed by atoms with van der Waals surface area (Å²) in [4.78, 5) is 15.1. The zero-order valence-electron chi connectivity index (χ0n) is 10.3. The van der Waals surface area contributed by atoms with E-state index in [0.717, 1.165) is 17.6 Å². The lowest BCUT2D eigenvalue weighted by Crippen LogP contribution is -1.90. The summed E-state index contributed by atoms with van der Waals surface area (Å²) in [6, 6.07) is 11.0. The molecule has 3 rings (SSSR count). The van der Waals surface area contributed by atoms with E-state index in [4.69, 9.17) is 4.74 Å². The number of nitrogens with zero attached hydrogens (tertiary/aromatic N) is 3. The Morgan fingerprint density at radius 2 is 2.16 bits per heavy atom. The molecule has 0 bridgehead atoms. The van der Waals surface area contributed by atoms with E-state index < -0.39 is 0 Å². The minimum Gasteiger partial charge on any atom is -0.497 e. The van der Waals surface area contributed by atoms with Gasteiger partial charge < -0.3 is 4.74 Å². The third-order valence-electron chi connectivity index (χ3n) is 2.82. The lowest BCUT2D eigenvalue weighted by molar-refractivity contribution is 0.112. The summed E-state index contributed by atoms with van der Waals surface area (Å²) in [6.45, 7) is 0. The summed E-state index contributed by atoms with van der Waals surface area (Å²) in [5, 5.41) is 4.36. The Bertz CT molecular complexity index is 749. The standard InChI is InChI=1S/C14H11N3O2/c1-19-12-4-2-3-11(7-12)14-15-13-6-5-10(9-18)8-17(13)16-14/h2-9H,1H3. The molecule has 2 heterocycles. The summed E-state index contributed by atoms with van der Waals surface area (Å²) in [6.07, 6.45) is 2.44. The van der Waals surface area contributed by atoms with Crippen molar-refractivity contribution in [1.82, 2.24) is 14.6 Å². The number of carbonyl (C=O) groups excluding carboxylic acids is 1. The number of carbonyl (C=O) groups is 1. The molecule has 1 aromatic carbocycles. The van der Waals surface area contributed by atoms with E-state index in [1.54, 1.807) is 30.0 Å². The Morgan fingerprint density at radius 3 is 2.95 bits per heavy atom. The molecular weight excluding hydrogens is 242 g/mol. The van der Waals surface area contributed by atoms with Gasteiger partial charge in [-0.2, -0.15) is 0 Å². The van der Waals surface area contributed by atoms with Crippen LogP contribution in [0.4, 0.5) is 0 Å². The fourth-order valence-electron chi connectivity index (χ4n) is 1.85. The molecule has 0 saturated heterocycles. The second-order valence-electron chi connectivity index (χ2n) is 4.05. The van der Waals surface area contributed by atoms with Crippen molar-refractivity contribution in [2.45, 2.75) is 0 Å². The number of aromatic nitrogens is 3. The maximum Gasteiger partial charge on any atom is 0.182 e. The number of aldehydes is 1. The van der Waals surface area contributed by atoms with Crippen molar-refractivity contribution < 1.29 is 9.53 Å². The summed E-state index contributed by atoms with van der Waals surface area (Å²) in [5.74, 6) is 1.35. The van der Waals surface area contributed by atoms with Crippen LogP contribution in [0.5, 0.6) is 5.75 Å². The minimum absolute atomic E-state index is 0.564. The molecule has 0 unspecified atom stereocenters. The molecule has 0 aliphatic heterocycles. The van der Waals surface area contributed by atoms with Crippen LogP contribution in [0.2, 0.25) is 0 Å². The van der Waals surface area contributed by atoms with Gasteiger partial charge in [0.25, 0.3) is 0 Å². The third-order valence-corrected chi connectivity index (χ3v) is 2.82. The molecule has 5 nitrogen and oxygen atoms in total. The number of hydrogen-bond donors (Lipinski definition) is 0. The summed E-state index contributed by atoms with van der Waals surface area (Å²) in [5.41, 5.74) is 2.13. The molecule has 0 fully saturated rings. The average molecular weight is 253 g/mol. The first kappa shape index (κ1) is 11.4.